The normalized spacial score (nSPS) is 18.7. The molecular formula is C22H21F3N4O3S. The Balaban J connectivity index is 1.53. The number of anilines is 2. The summed E-state index contributed by atoms with van der Waals surface area (Å²) in [7, 11) is 0. The van der Waals surface area contributed by atoms with E-state index in [0.29, 0.717) is 11.3 Å². The van der Waals surface area contributed by atoms with E-state index in [0.717, 1.165) is 55.5 Å². The van der Waals surface area contributed by atoms with Gasteiger partial charge in [0.2, 0.25) is 0 Å². The first-order chi connectivity index (χ1) is 15.7. The molecule has 1 N–H and O–H groups in total. The molecule has 1 fully saturated rings. The lowest BCUT2D eigenvalue weighted by atomic mass is 9.92. The Hall–Kier alpha value is -3.21. The van der Waals surface area contributed by atoms with Crippen molar-refractivity contribution >= 4 is 39.3 Å². The highest BCUT2D eigenvalue weighted by molar-refractivity contribution is 7.14. The van der Waals surface area contributed by atoms with Crippen molar-refractivity contribution in [3.8, 4) is 0 Å². The molecule has 4 rings (SSSR count). The smallest absolute Gasteiger partial charge is 0.372 e. The van der Waals surface area contributed by atoms with Gasteiger partial charge in [0.1, 0.15) is 5.56 Å². The predicted molar refractivity (Wildman–Crippen MR) is 121 cm³/mol. The molecule has 1 saturated heterocycles. The zero-order valence-corrected chi connectivity index (χ0v) is 18.3. The maximum absolute atomic E-state index is 13.1. The molecule has 1 aliphatic carbocycles. The summed E-state index contributed by atoms with van der Waals surface area (Å²) in [5, 5.41) is 15.8. The van der Waals surface area contributed by atoms with Crippen molar-refractivity contribution in [2.45, 2.75) is 31.9 Å². The number of nitro groups is 1. The van der Waals surface area contributed by atoms with E-state index < -0.39 is 22.9 Å². The van der Waals surface area contributed by atoms with Gasteiger partial charge in [-0.15, -0.1) is 11.3 Å². The summed E-state index contributed by atoms with van der Waals surface area (Å²) in [4.78, 5) is 30.1. The molecule has 2 heterocycles. The topological polar surface area (TPSA) is 88.4 Å². The number of benzene rings is 1. The van der Waals surface area contributed by atoms with Crippen LogP contribution >= 0.6 is 11.3 Å². The van der Waals surface area contributed by atoms with Gasteiger partial charge in [-0.1, -0.05) is 18.2 Å². The van der Waals surface area contributed by atoms with Gasteiger partial charge in [0.25, 0.3) is 11.6 Å². The Kier molecular flexibility index (Phi) is 6.50. The third kappa shape index (κ3) is 5.24. The number of halogens is 3. The van der Waals surface area contributed by atoms with Gasteiger partial charge in [0, 0.05) is 30.2 Å². The number of allylic oxidation sites excluding steroid dienone is 4. The minimum absolute atomic E-state index is 0.0863. The molecule has 1 unspecified atom stereocenters. The standard InChI is InChI=1S/C22H21F3N4O3S/c23-22(24,25)15-6-4-5-14(11-15)18-13-33-21(26-18)27-20(30)17-12-16(7-8-19(17)29(31)32)28-9-2-1-3-10-28/h4-8,12-13,15H,1-3,9-11H2,(H,26,27,30). The summed E-state index contributed by atoms with van der Waals surface area (Å²) in [6, 6.07) is 4.47. The van der Waals surface area contributed by atoms with E-state index in [1.54, 1.807) is 17.5 Å². The Labute approximate surface area is 191 Å². The molecule has 2 aliphatic rings. The van der Waals surface area contributed by atoms with Crippen molar-refractivity contribution < 1.29 is 22.9 Å². The Morgan fingerprint density at radius 1 is 1.24 bits per heavy atom. The van der Waals surface area contributed by atoms with Crippen molar-refractivity contribution in [3.05, 3.63) is 63.2 Å². The number of nitro benzene ring substituents is 1. The fourth-order valence-corrected chi connectivity index (χ4v) is 4.68. The molecule has 0 bridgehead atoms. The fourth-order valence-electron chi connectivity index (χ4n) is 3.95. The maximum Gasteiger partial charge on any atom is 0.395 e. The molecule has 1 amide bonds. The number of alkyl halides is 3. The van der Waals surface area contributed by atoms with E-state index in [2.05, 4.69) is 15.2 Å². The molecule has 0 radical (unpaired) electrons. The number of rotatable bonds is 5. The van der Waals surface area contributed by atoms with Crippen LogP contribution in [-0.4, -0.2) is 35.1 Å². The van der Waals surface area contributed by atoms with E-state index in [-0.39, 0.29) is 22.8 Å². The number of carbonyl (C=O) groups excluding carboxylic acids is 1. The molecular weight excluding hydrogens is 457 g/mol. The molecule has 0 spiro atoms. The number of piperidine rings is 1. The summed E-state index contributed by atoms with van der Waals surface area (Å²) >= 11 is 1.05. The maximum atomic E-state index is 13.1. The number of nitrogens with one attached hydrogen (secondary N) is 1. The van der Waals surface area contributed by atoms with Gasteiger partial charge < -0.3 is 4.90 Å². The van der Waals surface area contributed by atoms with Crippen LogP contribution < -0.4 is 10.2 Å². The Bertz CT molecular complexity index is 1120. The average Bonchev–Trinajstić information content (AvgIpc) is 3.27. The fraction of sp³-hybridized carbons (Fsp3) is 0.364. The average molecular weight is 478 g/mol. The lowest BCUT2D eigenvalue weighted by Crippen LogP contribution is -2.29. The summed E-state index contributed by atoms with van der Waals surface area (Å²) < 4.78 is 39.2. The van der Waals surface area contributed by atoms with Gasteiger partial charge in [0.05, 0.1) is 16.5 Å². The lowest BCUT2D eigenvalue weighted by Gasteiger charge is -2.29. The summed E-state index contributed by atoms with van der Waals surface area (Å²) in [6.45, 7) is 1.63. The SMILES string of the molecule is O=C(Nc1nc(C2=CC=CC(C(F)(F)F)C2)cs1)c1cc(N2CCCCC2)ccc1[N+](=O)[O-]. The van der Waals surface area contributed by atoms with Crippen LogP contribution in [0.25, 0.3) is 5.57 Å². The molecule has 1 aromatic heterocycles. The van der Waals surface area contributed by atoms with Crippen LogP contribution in [0.4, 0.5) is 29.7 Å². The molecule has 1 aromatic carbocycles. The van der Waals surface area contributed by atoms with Crippen LogP contribution in [0.3, 0.4) is 0 Å². The van der Waals surface area contributed by atoms with Crippen LogP contribution in [0.2, 0.25) is 0 Å². The molecule has 33 heavy (non-hydrogen) atoms. The summed E-state index contributed by atoms with van der Waals surface area (Å²) in [5.74, 6) is -2.27. The first-order valence-corrected chi connectivity index (χ1v) is 11.3. The highest BCUT2D eigenvalue weighted by atomic mass is 32.1. The second kappa shape index (κ2) is 9.34. The number of hydrogen-bond donors (Lipinski definition) is 1. The molecule has 11 heteroatoms. The number of carbonyl (C=O) groups is 1. The third-order valence-electron chi connectivity index (χ3n) is 5.70. The van der Waals surface area contributed by atoms with E-state index >= 15 is 0 Å². The number of aromatic nitrogens is 1. The molecule has 7 nitrogen and oxygen atoms in total. The van der Waals surface area contributed by atoms with Crippen LogP contribution in [0.15, 0.2) is 41.8 Å². The zero-order valence-electron chi connectivity index (χ0n) is 17.5. The number of thiazole rings is 1. The predicted octanol–water partition coefficient (Wildman–Crippen LogP) is 5.82. The lowest BCUT2D eigenvalue weighted by molar-refractivity contribution is -0.385. The van der Waals surface area contributed by atoms with Crippen LogP contribution in [-0.2, 0) is 0 Å². The molecule has 1 aliphatic heterocycles. The van der Waals surface area contributed by atoms with E-state index in [4.69, 9.17) is 0 Å². The van der Waals surface area contributed by atoms with E-state index in [1.165, 1.54) is 18.2 Å². The zero-order chi connectivity index (χ0) is 23.6. The van der Waals surface area contributed by atoms with E-state index in [1.807, 2.05) is 0 Å². The number of nitrogens with zero attached hydrogens (tertiary/aromatic N) is 3. The highest BCUT2D eigenvalue weighted by Gasteiger charge is 2.39. The number of hydrogen-bond acceptors (Lipinski definition) is 6. The van der Waals surface area contributed by atoms with Gasteiger partial charge in [-0.25, -0.2) is 4.98 Å². The van der Waals surface area contributed by atoms with Gasteiger partial charge in [0.15, 0.2) is 5.13 Å². The third-order valence-corrected chi connectivity index (χ3v) is 6.46. The van der Waals surface area contributed by atoms with Crippen LogP contribution in [0, 0.1) is 16.0 Å². The molecule has 1 atom stereocenters. The first kappa shape index (κ1) is 23.0. The minimum atomic E-state index is -4.35. The minimum Gasteiger partial charge on any atom is -0.372 e. The van der Waals surface area contributed by atoms with Gasteiger partial charge >= 0.3 is 6.18 Å². The molecule has 0 saturated carbocycles. The Morgan fingerprint density at radius 3 is 2.70 bits per heavy atom. The van der Waals surface area contributed by atoms with E-state index in [9.17, 15) is 28.1 Å². The largest absolute Gasteiger partial charge is 0.395 e. The van der Waals surface area contributed by atoms with Crippen LogP contribution in [0.5, 0.6) is 0 Å². The quantitative estimate of drug-likeness (QED) is 0.432. The van der Waals surface area contributed by atoms with Gasteiger partial charge in [-0.2, -0.15) is 13.2 Å². The molecule has 2 aromatic rings. The van der Waals surface area contributed by atoms with Crippen molar-refractivity contribution in [3.63, 3.8) is 0 Å². The highest BCUT2D eigenvalue weighted by Crippen LogP contribution is 2.38. The second-order valence-electron chi connectivity index (χ2n) is 7.93. The van der Waals surface area contributed by atoms with Crippen molar-refractivity contribution in [2.24, 2.45) is 5.92 Å². The Morgan fingerprint density at radius 2 is 2.00 bits per heavy atom. The second-order valence-corrected chi connectivity index (χ2v) is 8.79. The van der Waals surface area contributed by atoms with Crippen molar-refractivity contribution in [1.82, 2.24) is 4.98 Å². The summed E-state index contributed by atoms with van der Waals surface area (Å²) in [5.41, 5.74) is 1.08. The van der Waals surface area contributed by atoms with Gasteiger partial charge in [-0.3, -0.25) is 20.2 Å². The van der Waals surface area contributed by atoms with Crippen molar-refractivity contribution in [1.29, 1.82) is 0 Å². The summed E-state index contributed by atoms with van der Waals surface area (Å²) in [6.07, 6.45) is 2.59. The molecule has 174 valence electrons. The first-order valence-electron chi connectivity index (χ1n) is 10.5. The van der Waals surface area contributed by atoms with Crippen LogP contribution in [0.1, 0.15) is 41.7 Å². The van der Waals surface area contributed by atoms with Crippen molar-refractivity contribution in [2.75, 3.05) is 23.3 Å². The number of amides is 1. The van der Waals surface area contributed by atoms with Gasteiger partial charge in [-0.05, 0) is 43.4 Å². The monoisotopic (exact) mass is 478 g/mol.